The van der Waals surface area contributed by atoms with Gasteiger partial charge in [-0.05, 0) is 39.8 Å². The van der Waals surface area contributed by atoms with Crippen molar-refractivity contribution in [3.05, 3.63) is 24.0 Å². The minimum Gasteiger partial charge on any atom is -0.443 e. The molecule has 0 aliphatic heterocycles. The van der Waals surface area contributed by atoms with E-state index in [1.807, 2.05) is 33.8 Å². The summed E-state index contributed by atoms with van der Waals surface area (Å²) in [5.74, 6) is 0. The van der Waals surface area contributed by atoms with Crippen LogP contribution >= 0.6 is 0 Å². The highest BCUT2D eigenvalue weighted by Crippen LogP contribution is 2.20. The molecular weight excluding hydrogens is 270 g/mol. The molecule has 0 unspecified atom stereocenters. The Kier molecular flexibility index (Phi) is 6.11. The number of nitrogens with two attached hydrogens (primary N) is 1. The number of anilines is 1. The molecule has 118 valence electrons. The van der Waals surface area contributed by atoms with Gasteiger partial charge < -0.3 is 15.2 Å². The molecule has 1 aromatic heterocycles. The van der Waals surface area contributed by atoms with Crippen molar-refractivity contribution >= 4 is 11.8 Å². The van der Waals surface area contributed by atoms with Crippen molar-refractivity contribution in [1.82, 2.24) is 4.98 Å². The highest BCUT2D eigenvalue weighted by Gasteiger charge is 2.27. The van der Waals surface area contributed by atoms with Crippen molar-refractivity contribution in [2.24, 2.45) is 5.73 Å². The zero-order chi connectivity index (χ0) is 16.0. The van der Waals surface area contributed by atoms with Crippen molar-refractivity contribution in [1.29, 1.82) is 0 Å². The third-order valence-corrected chi connectivity index (χ3v) is 2.74. The fourth-order valence-electron chi connectivity index (χ4n) is 1.85. The normalized spacial score (nSPS) is 12.9. The smallest absolute Gasteiger partial charge is 0.415 e. The first-order chi connectivity index (χ1) is 9.78. The molecule has 1 rings (SSSR count). The fraction of sp³-hybridized carbons (Fsp3) is 0.600. The number of ether oxygens (including phenoxy) is 2. The van der Waals surface area contributed by atoms with Crippen LogP contribution in [0, 0.1) is 0 Å². The van der Waals surface area contributed by atoms with Crippen molar-refractivity contribution in [3.8, 4) is 0 Å². The number of hydrogen-bond acceptors (Lipinski definition) is 5. The highest BCUT2D eigenvalue weighted by atomic mass is 16.6. The second-order valence-corrected chi connectivity index (χ2v) is 5.87. The molecular formula is C15H25N3O3. The summed E-state index contributed by atoms with van der Waals surface area (Å²) in [5, 5.41) is 0. The van der Waals surface area contributed by atoms with Gasteiger partial charge in [-0.15, -0.1) is 0 Å². The van der Waals surface area contributed by atoms with E-state index < -0.39 is 11.7 Å². The van der Waals surface area contributed by atoms with E-state index in [1.165, 1.54) is 0 Å². The molecule has 1 aromatic rings. The zero-order valence-electron chi connectivity index (χ0n) is 13.4. The number of hydrogen-bond donors (Lipinski definition) is 1. The summed E-state index contributed by atoms with van der Waals surface area (Å²) >= 11 is 0. The van der Waals surface area contributed by atoms with E-state index in [0.29, 0.717) is 18.8 Å². The number of rotatable bonds is 5. The van der Waals surface area contributed by atoms with Crippen LogP contribution < -0.4 is 10.6 Å². The molecule has 0 saturated heterocycles. The molecule has 1 amide bonds. The van der Waals surface area contributed by atoms with Gasteiger partial charge in [-0.25, -0.2) is 4.79 Å². The van der Waals surface area contributed by atoms with Gasteiger partial charge in [-0.1, -0.05) is 0 Å². The third kappa shape index (κ3) is 5.32. The van der Waals surface area contributed by atoms with Crippen LogP contribution in [0.4, 0.5) is 10.5 Å². The van der Waals surface area contributed by atoms with Gasteiger partial charge in [0.15, 0.2) is 0 Å². The van der Waals surface area contributed by atoms with E-state index in [4.69, 9.17) is 15.2 Å². The van der Waals surface area contributed by atoms with Crippen molar-refractivity contribution in [2.75, 3.05) is 18.6 Å². The summed E-state index contributed by atoms with van der Waals surface area (Å²) in [7, 11) is 1.60. The van der Waals surface area contributed by atoms with Gasteiger partial charge >= 0.3 is 6.09 Å². The van der Waals surface area contributed by atoms with Gasteiger partial charge in [0.05, 0.1) is 30.2 Å². The molecule has 0 spiro atoms. The molecule has 0 fully saturated rings. The maximum absolute atomic E-state index is 12.4. The minimum absolute atomic E-state index is 0.171. The molecule has 0 aliphatic carbocycles. The van der Waals surface area contributed by atoms with Crippen molar-refractivity contribution < 1.29 is 14.3 Å². The lowest BCUT2D eigenvalue weighted by Gasteiger charge is -2.31. The summed E-state index contributed by atoms with van der Waals surface area (Å²) in [6, 6.07) is 3.44. The molecule has 21 heavy (non-hydrogen) atoms. The second kappa shape index (κ2) is 7.38. The largest absolute Gasteiger partial charge is 0.443 e. The van der Waals surface area contributed by atoms with Crippen LogP contribution in [0.1, 0.15) is 33.4 Å². The number of pyridine rings is 1. The highest BCUT2D eigenvalue weighted by molar-refractivity contribution is 5.88. The third-order valence-electron chi connectivity index (χ3n) is 2.74. The molecule has 0 radical (unpaired) electrons. The van der Waals surface area contributed by atoms with Gasteiger partial charge in [0, 0.05) is 13.7 Å². The lowest BCUT2D eigenvalue weighted by atomic mass is 10.2. The quantitative estimate of drug-likeness (QED) is 0.902. The van der Waals surface area contributed by atoms with Gasteiger partial charge in [-0.2, -0.15) is 0 Å². The molecule has 6 heteroatoms. The SMILES string of the molecule is COC[C@H](C)N(C(=O)OC(C)(C)C)c1ccc(CN)nc1. The molecule has 0 aliphatic rings. The van der Waals surface area contributed by atoms with Crippen LogP contribution in [-0.2, 0) is 16.0 Å². The number of amides is 1. The molecule has 1 heterocycles. The second-order valence-electron chi connectivity index (χ2n) is 5.87. The van der Waals surface area contributed by atoms with E-state index in [9.17, 15) is 4.79 Å². The summed E-state index contributed by atoms with van der Waals surface area (Å²) in [6.45, 7) is 8.15. The Bertz CT molecular complexity index is 454. The Balaban J connectivity index is 3.03. The lowest BCUT2D eigenvalue weighted by Crippen LogP contribution is -2.44. The molecule has 0 aromatic carbocycles. The first-order valence-electron chi connectivity index (χ1n) is 6.94. The predicted molar refractivity (Wildman–Crippen MR) is 82.2 cm³/mol. The fourth-order valence-corrected chi connectivity index (χ4v) is 1.85. The van der Waals surface area contributed by atoms with Crippen LogP contribution in [0.2, 0.25) is 0 Å². The standard InChI is InChI=1S/C15H25N3O3/c1-11(10-20-5)18(14(19)21-15(2,3)4)13-7-6-12(8-16)17-9-13/h6-7,9,11H,8,10,16H2,1-5H3/t11-/m0/s1. The average Bonchev–Trinajstić information content (AvgIpc) is 2.38. The Morgan fingerprint density at radius 2 is 2.10 bits per heavy atom. The molecule has 2 N–H and O–H groups in total. The maximum Gasteiger partial charge on any atom is 0.415 e. The van der Waals surface area contributed by atoms with E-state index in [1.54, 1.807) is 24.3 Å². The van der Waals surface area contributed by atoms with Gasteiger partial charge in [0.25, 0.3) is 0 Å². The number of methoxy groups -OCH3 is 1. The van der Waals surface area contributed by atoms with Crippen LogP contribution in [0.5, 0.6) is 0 Å². The first-order valence-corrected chi connectivity index (χ1v) is 6.94. The zero-order valence-corrected chi connectivity index (χ0v) is 13.4. The van der Waals surface area contributed by atoms with Crippen LogP contribution in [-0.4, -0.2) is 36.4 Å². The van der Waals surface area contributed by atoms with Crippen LogP contribution in [0.15, 0.2) is 18.3 Å². The van der Waals surface area contributed by atoms with Crippen molar-refractivity contribution in [3.63, 3.8) is 0 Å². The van der Waals surface area contributed by atoms with Crippen LogP contribution in [0.3, 0.4) is 0 Å². The van der Waals surface area contributed by atoms with Crippen molar-refractivity contribution in [2.45, 2.75) is 45.9 Å². The van der Waals surface area contributed by atoms with E-state index in [0.717, 1.165) is 5.69 Å². The number of carbonyl (C=O) groups excluding carboxylic acids is 1. The molecule has 6 nitrogen and oxygen atoms in total. The molecule has 0 saturated carbocycles. The Labute approximate surface area is 126 Å². The Morgan fingerprint density at radius 3 is 2.52 bits per heavy atom. The van der Waals surface area contributed by atoms with Gasteiger partial charge in [-0.3, -0.25) is 9.88 Å². The van der Waals surface area contributed by atoms with E-state index >= 15 is 0 Å². The Morgan fingerprint density at radius 1 is 1.43 bits per heavy atom. The lowest BCUT2D eigenvalue weighted by molar-refractivity contribution is 0.0547. The number of carbonyl (C=O) groups is 1. The average molecular weight is 295 g/mol. The number of nitrogens with zero attached hydrogens (tertiary/aromatic N) is 2. The Hall–Kier alpha value is -1.66. The summed E-state index contributed by atoms with van der Waals surface area (Å²) < 4.78 is 10.6. The van der Waals surface area contributed by atoms with Crippen LogP contribution in [0.25, 0.3) is 0 Å². The summed E-state index contributed by atoms with van der Waals surface area (Å²) in [5.41, 5.74) is 6.40. The topological polar surface area (TPSA) is 77.7 Å². The predicted octanol–water partition coefficient (Wildman–Crippen LogP) is 2.32. The summed E-state index contributed by atoms with van der Waals surface area (Å²) in [6.07, 6.45) is 1.20. The first kappa shape index (κ1) is 17.4. The minimum atomic E-state index is -0.563. The van der Waals surface area contributed by atoms with E-state index in [-0.39, 0.29) is 6.04 Å². The van der Waals surface area contributed by atoms with Gasteiger partial charge in [0.1, 0.15) is 5.60 Å². The monoisotopic (exact) mass is 295 g/mol. The molecule has 0 bridgehead atoms. The maximum atomic E-state index is 12.4. The van der Waals surface area contributed by atoms with E-state index in [2.05, 4.69) is 4.98 Å². The van der Waals surface area contributed by atoms with Gasteiger partial charge in [0.2, 0.25) is 0 Å². The summed E-state index contributed by atoms with van der Waals surface area (Å²) in [4.78, 5) is 18.2. The number of aromatic nitrogens is 1. The molecule has 1 atom stereocenters.